The normalized spacial score (nSPS) is 29.1. The molecule has 12 nitrogen and oxygen atoms in total. The van der Waals surface area contributed by atoms with Gasteiger partial charge in [0.15, 0.2) is 12.1 Å². The van der Waals surface area contributed by atoms with Crippen LogP contribution < -0.4 is 10.5 Å². The number of aliphatic hydroxyl groups is 2. The number of carbonyl (C=O) groups excluding carboxylic acids is 2. The van der Waals surface area contributed by atoms with Gasteiger partial charge in [0.2, 0.25) is 11.6 Å². The van der Waals surface area contributed by atoms with Gasteiger partial charge >= 0.3 is 0 Å². The molecular weight excluding hydrogens is 574 g/mol. The second kappa shape index (κ2) is 11.0. The Morgan fingerprint density at radius 2 is 1.76 bits per heavy atom. The summed E-state index contributed by atoms with van der Waals surface area (Å²) in [6.07, 6.45) is -4.53. The minimum Gasteiger partial charge on any atom is -0.507 e. The van der Waals surface area contributed by atoms with Gasteiger partial charge in [-0.1, -0.05) is 12.1 Å². The Bertz CT molecular complexity index is 1410. The number of benzene rings is 2. The van der Waals surface area contributed by atoms with E-state index < -0.39 is 82.6 Å². The van der Waals surface area contributed by atoms with Crippen LogP contribution >= 0.6 is 11.6 Å². The third-order valence-electron chi connectivity index (χ3n) is 8.69. The number of fused-ring (bicyclic) bond motifs is 3. The van der Waals surface area contributed by atoms with E-state index in [1.54, 1.807) is 6.92 Å². The number of hydrogen-bond acceptors (Lipinski definition) is 12. The summed E-state index contributed by atoms with van der Waals surface area (Å²) in [6, 6.07) is 3.77. The number of aromatic hydroxyl groups is 2. The lowest BCUT2D eigenvalue weighted by Gasteiger charge is -2.49. The maximum atomic E-state index is 13.8. The lowest BCUT2D eigenvalue weighted by molar-refractivity contribution is -0.308. The van der Waals surface area contributed by atoms with E-state index in [0.717, 1.165) is 0 Å². The van der Waals surface area contributed by atoms with Gasteiger partial charge in [-0.05, 0) is 13.0 Å². The molecular formula is C29H34ClNO11. The van der Waals surface area contributed by atoms with Crippen molar-refractivity contribution in [3.8, 4) is 17.2 Å². The quantitative estimate of drug-likeness (QED) is 0.149. The van der Waals surface area contributed by atoms with Gasteiger partial charge in [-0.15, -0.1) is 11.6 Å². The number of rotatable bonds is 7. The maximum Gasteiger partial charge on any atom is 0.211 e. The first-order chi connectivity index (χ1) is 19.9. The van der Waals surface area contributed by atoms with E-state index in [2.05, 4.69) is 0 Å². The molecule has 2 aliphatic carbocycles. The van der Waals surface area contributed by atoms with Crippen LogP contribution in [0, 0.1) is 0 Å². The topological polar surface area (TPSA) is 187 Å². The molecule has 6 atom stereocenters. The summed E-state index contributed by atoms with van der Waals surface area (Å²) in [5.41, 5.74) is 3.14. The fourth-order valence-corrected chi connectivity index (χ4v) is 6.84. The Hall–Kier alpha value is -2.81. The smallest absolute Gasteiger partial charge is 0.211 e. The van der Waals surface area contributed by atoms with E-state index in [1.807, 2.05) is 0 Å². The lowest BCUT2D eigenvalue weighted by atomic mass is 9.70. The zero-order valence-electron chi connectivity index (χ0n) is 23.5. The highest BCUT2D eigenvalue weighted by Gasteiger charge is 2.57. The van der Waals surface area contributed by atoms with E-state index in [0.29, 0.717) is 0 Å². The first-order valence-corrected chi connectivity index (χ1v) is 13.9. The standard InChI is InChI=1S/C29H34ClNO11/c1-12-23(32)15(31)8-18(41-12)42-17-10-28(37,29(11-30,39-3)40-4)9-14-20(17)27(36)22-21(25(14)34)24(33)13-6-5-7-16(38-2)19(13)26(22)35/h5-7,12,15,17-18,23,32,34,36-37H,8-11,31H2,1-4H3/t12-,15-,17-,18-,23+,28-/m0/s1. The first-order valence-electron chi connectivity index (χ1n) is 13.4. The average molecular weight is 608 g/mol. The van der Waals surface area contributed by atoms with Crippen molar-refractivity contribution in [2.24, 2.45) is 5.73 Å². The Balaban J connectivity index is 1.72. The Morgan fingerprint density at radius 1 is 1.10 bits per heavy atom. The molecule has 1 saturated heterocycles. The van der Waals surface area contributed by atoms with Crippen LogP contribution in [0.3, 0.4) is 0 Å². The highest BCUT2D eigenvalue weighted by molar-refractivity contribution is 6.31. The molecule has 0 radical (unpaired) electrons. The van der Waals surface area contributed by atoms with Crippen molar-refractivity contribution in [3.63, 3.8) is 0 Å². The summed E-state index contributed by atoms with van der Waals surface area (Å²) in [5, 5.41) is 45.6. The molecule has 6 N–H and O–H groups in total. The Morgan fingerprint density at radius 3 is 2.36 bits per heavy atom. The number of alkyl halides is 1. The molecule has 228 valence electrons. The molecule has 5 rings (SSSR count). The van der Waals surface area contributed by atoms with E-state index in [1.165, 1.54) is 39.5 Å². The van der Waals surface area contributed by atoms with E-state index >= 15 is 0 Å². The van der Waals surface area contributed by atoms with Gasteiger partial charge in [0, 0.05) is 56.2 Å². The van der Waals surface area contributed by atoms with Crippen molar-refractivity contribution in [1.29, 1.82) is 0 Å². The molecule has 1 fully saturated rings. The van der Waals surface area contributed by atoms with Crippen LogP contribution in [0.1, 0.15) is 68.8 Å². The Labute approximate surface area is 246 Å². The number of methoxy groups -OCH3 is 3. The van der Waals surface area contributed by atoms with E-state index in [9.17, 15) is 30.0 Å². The number of ketones is 2. The number of phenolic OH excluding ortho intramolecular Hbond substituents is 2. The summed E-state index contributed by atoms with van der Waals surface area (Å²) in [5.74, 6) is -4.68. The van der Waals surface area contributed by atoms with Crippen molar-refractivity contribution < 1.29 is 53.7 Å². The summed E-state index contributed by atoms with van der Waals surface area (Å²) in [6.45, 7) is 1.62. The van der Waals surface area contributed by atoms with Crippen molar-refractivity contribution in [3.05, 3.63) is 51.6 Å². The van der Waals surface area contributed by atoms with Crippen LogP contribution in [0.15, 0.2) is 18.2 Å². The fraction of sp³-hybridized carbons (Fsp3) is 0.517. The van der Waals surface area contributed by atoms with E-state index in [-0.39, 0.29) is 46.7 Å². The van der Waals surface area contributed by atoms with Crippen molar-refractivity contribution in [2.45, 2.75) is 68.2 Å². The minimum atomic E-state index is -1.97. The number of phenols is 2. The number of carbonyl (C=O) groups is 2. The van der Waals surface area contributed by atoms with Crippen LogP contribution in [-0.2, 0) is 25.4 Å². The number of ether oxygens (including phenoxy) is 5. The number of nitrogens with two attached hydrogens (primary N) is 1. The van der Waals surface area contributed by atoms with Crippen molar-refractivity contribution >= 4 is 23.2 Å². The van der Waals surface area contributed by atoms with E-state index in [4.69, 9.17) is 41.0 Å². The predicted molar refractivity (Wildman–Crippen MR) is 147 cm³/mol. The van der Waals surface area contributed by atoms with Crippen LogP contribution in [0.25, 0.3) is 0 Å². The zero-order chi connectivity index (χ0) is 30.7. The summed E-state index contributed by atoms with van der Waals surface area (Å²) in [7, 11) is 3.93. The molecule has 13 heteroatoms. The van der Waals surface area contributed by atoms with Crippen LogP contribution in [0.2, 0.25) is 0 Å². The van der Waals surface area contributed by atoms with Crippen LogP contribution in [0.4, 0.5) is 0 Å². The Kier molecular flexibility index (Phi) is 8.05. The SMILES string of the molecule is COc1cccc2c1C(=O)c1c(O)c3c(c(O)c1C2=O)C[C@@](O)(C(CCl)(OC)OC)C[C@@H]3O[C@H]1C[C@H](N)[C@H](O)[C@H](C)O1. The van der Waals surface area contributed by atoms with Gasteiger partial charge in [-0.3, -0.25) is 9.59 Å². The molecule has 2 aromatic rings. The second-order valence-corrected chi connectivity index (χ2v) is 11.1. The second-order valence-electron chi connectivity index (χ2n) is 10.9. The molecule has 1 heterocycles. The molecule has 1 aliphatic heterocycles. The van der Waals surface area contributed by atoms with Gasteiger partial charge < -0.3 is 49.8 Å². The van der Waals surface area contributed by atoms with Crippen molar-refractivity contribution in [2.75, 3.05) is 27.2 Å². The van der Waals surface area contributed by atoms with Crippen LogP contribution in [-0.4, -0.2) is 95.1 Å². The fourth-order valence-electron chi connectivity index (χ4n) is 6.38. The molecule has 3 aliphatic rings. The van der Waals surface area contributed by atoms with Gasteiger partial charge in [0.05, 0.1) is 48.0 Å². The molecule has 42 heavy (non-hydrogen) atoms. The van der Waals surface area contributed by atoms with Gasteiger partial charge in [-0.2, -0.15) is 0 Å². The van der Waals surface area contributed by atoms with Crippen molar-refractivity contribution in [1.82, 2.24) is 0 Å². The van der Waals surface area contributed by atoms with Crippen LogP contribution in [0.5, 0.6) is 17.2 Å². The summed E-state index contributed by atoms with van der Waals surface area (Å²) >= 11 is 6.24. The number of halogens is 1. The third-order valence-corrected chi connectivity index (χ3v) is 9.04. The number of hydrogen-bond donors (Lipinski definition) is 5. The molecule has 0 saturated carbocycles. The number of aliphatic hydroxyl groups excluding tert-OH is 1. The summed E-state index contributed by atoms with van der Waals surface area (Å²) in [4.78, 5) is 27.5. The molecule has 0 amide bonds. The van der Waals surface area contributed by atoms with Gasteiger partial charge in [0.1, 0.15) is 22.8 Å². The molecule has 0 aromatic heterocycles. The minimum absolute atomic E-state index is 0.0126. The first kappa shape index (κ1) is 30.6. The zero-order valence-corrected chi connectivity index (χ0v) is 24.3. The van der Waals surface area contributed by atoms with Gasteiger partial charge in [0.25, 0.3) is 0 Å². The third kappa shape index (κ3) is 4.40. The predicted octanol–water partition coefficient (Wildman–Crippen LogP) is 1.67. The molecule has 0 spiro atoms. The monoisotopic (exact) mass is 607 g/mol. The summed E-state index contributed by atoms with van der Waals surface area (Å²) < 4.78 is 28.5. The molecule has 0 bridgehead atoms. The average Bonchev–Trinajstić information content (AvgIpc) is 2.96. The highest BCUT2D eigenvalue weighted by Crippen LogP contribution is 2.54. The maximum absolute atomic E-state index is 13.8. The largest absolute Gasteiger partial charge is 0.507 e. The lowest BCUT2D eigenvalue weighted by Crippen LogP contribution is -2.62. The molecule has 0 unspecified atom stereocenters. The highest BCUT2D eigenvalue weighted by atomic mass is 35.5. The molecule has 2 aromatic carbocycles. The van der Waals surface area contributed by atoms with Gasteiger partial charge in [-0.25, -0.2) is 0 Å².